The molecule has 3 aromatic rings. The standard InChI is InChI=1S/C24H26FN3O3/c1-28(24(29)11-6-17-13-21(30-2)16-22(14-17)31-3)12-4-5-20-15-23(27-26-20)18-7-9-19(25)10-8-18/h6-11,13-16H,4-5,12H2,1-3H3,(H,26,27). The van der Waals surface area contributed by atoms with Crippen LogP contribution in [-0.2, 0) is 11.2 Å². The van der Waals surface area contributed by atoms with E-state index in [1.165, 1.54) is 18.2 Å². The molecule has 0 aliphatic rings. The fourth-order valence-corrected chi connectivity index (χ4v) is 3.10. The van der Waals surface area contributed by atoms with Gasteiger partial charge in [-0.2, -0.15) is 5.10 Å². The maximum absolute atomic E-state index is 13.1. The maximum atomic E-state index is 13.1. The fourth-order valence-electron chi connectivity index (χ4n) is 3.10. The third kappa shape index (κ3) is 6.18. The number of amides is 1. The van der Waals surface area contributed by atoms with Crippen LogP contribution in [0, 0.1) is 5.82 Å². The molecular formula is C24H26FN3O3. The molecule has 6 nitrogen and oxygen atoms in total. The van der Waals surface area contributed by atoms with Crippen LogP contribution in [0.25, 0.3) is 17.3 Å². The van der Waals surface area contributed by atoms with Crippen molar-refractivity contribution < 1.29 is 18.7 Å². The summed E-state index contributed by atoms with van der Waals surface area (Å²) in [5.41, 5.74) is 3.43. The van der Waals surface area contributed by atoms with Gasteiger partial charge in [-0.25, -0.2) is 4.39 Å². The van der Waals surface area contributed by atoms with Crippen molar-refractivity contribution in [3.63, 3.8) is 0 Å². The van der Waals surface area contributed by atoms with E-state index in [-0.39, 0.29) is 11.7 Å². The van der Waals surface area contributed by atoms with Gasteiger partial charge < -0.3 is 14.4 Å². The van der Waals surface area contributed by atoms with Gasteiger partial charge in [0.05, 0.1) is 19.9 Å². The highest BCUT2D eigenvalue weighted by Crippen LogP contribution is 2.23. The molecule has 0 saturated carbocycles. The predicted molar refractivity (Wildman–Crippen MR) is 119 cm³/mol. The summed E-state index contributed by atoms with van der Waals surface area (Å²) < 4.78 is 23.6. The lowest BCUT2D eigenvalue weighted by Crippen LogP contribution is -2.26. The Morgan fingerprint density at radius 3 is 2.42 bits per heavy atom. The number of hydrogen-bond acceptors (Lipinski definition) is 4. The van der Waals surface area contributed by atoms with Crippen LogP contribution in [0.15, 0.2) is 54.6 Å². The van der Waals surface area contributed by atoms with Crippen LogP contribution in [0.1, 0.15) is 17.7 Å². The third-order valence-electron chi connectivity index (χ3n) is 4.88. The molecule has 7 heteroatoms. The number of methoxy groups -OCH3 is 2. The molecule has 2 aromatic carbocycles. The minimum atomic E-state index is -0.271. The quantitative estimate of drug-likeness (QED) is 0.520. The van der Waals surface area contributed by atoms with Crippen molar-refractivity contribution in [1.29, 1.82) is 0 Å². The topological polar surface area (TPSA) is 67.5 Å². The first-order valence-electron chi connectivity index (χ1n) is 9.95. The molecule has 1 aromatic heterocycles. The van der Waals surface area contributed by atoms with E-state index >= 15 is 0 Å². The van der Waals surface area contributed by atoms with Crippen LogP contribution in [0.2, 0.25) is 0 Å². The molecule has 0 atom stereocenters. The molecule has 0 spiro atoms. The maximum Gasteiger partial charge on any atom is 0.246 e. The third-order valence-corrected chi connectivity index (χ3v) is 4.88. The summed E-state index contributed by atoms with van der Waals surface area (Å²) in [5, 5.41) is 7.29. The zero-order valence-electron chi connectivity index (χ0n) is 17.9. The molecule has 0 aliphatic heterocycles. The van der Waals surface area contributed by atoms with Crippen molar-refractivity contribution in [1.82, 2.24) is 15.1 Å². The van der Waals surface area contributed by atoms with Crippen molar-refractivity contribution >= 4 is 12.0 Å². The Morgan fingerprint density at radius 1 is 1.10 bits per heavy atom. The van der Waals surface area contributed by atoms with E-state index in [9.17, 15) is 9.18 Å². The van der Waals surface area contributed by atoms with E-state index in [4.69, 9.17) is 9.47 Å². The van der Waals surface area contributed by atoms with Gasteiger partial charge in [0.1, 0.15) is 17.3 Å². The summed E-state index contributed by atoms with van der Waals surface area (Å²) in [6.45, 7) is 0.607. The number of aromatic nitrogens is 2. The highest BCUT2D eigenvalue weighted by molar-refractivity contribution is 5.91. The lowest BCUT2D eigenvalue weighted by Gasteiger charge is -2.14. The summed E-state index contributed by atoms with van der Waals surface area (Å²) in [6, 6.07) is 13.6. The summed E-state index contributed by atoms with van der Waals surface area (Å²) >= 11 is 0. The van der Waals surface area contributed by atoms with Crippen LogP contribution in [0.3, 0.4) is 0 Å². The summed E-state index contributed by atoms with van der Waals surface area (Å²) in [7, 11) is 4.95. The van der Waals surface area contributed by atoms with Gasteiger partial charge >= 0.3 is 0 Å². The first-order chi connectivity index (χ1) is 15.0. The van der Waals surface area contributed by atoms with E-state index in [1.807, 2.05) is 18.2 Å². The van der Waals surface area contributed by atoms with Crippen LogP contribution < -0.4 is 9.47 Å². The number of nitrogens with zero attached hydrogens (tertiary/aromatic N) is 2. The first-order valence-corrected chi connectivity index (χ1v) is 9.95. The number of carbonyl (C=O) groups excluding carboxylic acids is 1. The summed E-state index contributed by atoms with van der Waals surface area (Å²) in [5.74, 6) is 0.976. The summed E-state index contributed by atoms with van der Waals surface area (Å²) in [4.78, 5) is 14.1. The molecule has 1 N–H and O–H groups in total. The van der Waals surface area contributed by atoms with Gasteiger partial charge in [-0.05, 0) is 66.9 Å². The molecule has 0 fully saturated rings. The number of rotatable bonds is 9. The minimum absolute atomic E-state index is 0.0848. The molecule has 162 valence electrons. The van der Waals surface area contributed by atoms with Crippen molar-refractivity contribution in [3.8, 4) is 22.8 Å². The average Bonchev–Trinajstić information content (AvgIpc) is 3.26. The van der Waals surface area contributed by atoms with Crippen LogP contribution >= 0.6 is 0 Å². The van der Waals surface area contributed by atoms with Gasteiger partial charge in [0.25, 0.3) is 0 Å². The number of halogens is 1. The number of likely N-dealkylation sites (N-methyl/N-ethyl adjacent to an activating group) is 1. The number of ether oxygens (including phenoxy) is 2. The van der Waals surface area contributed by atoms with Gasteiger partial charge in [-0.3, -0.25) is 9.89 Å². The Labute approximate surface area is 181 Å². The summed E-state index contributed by atoms with van der Waals surface area (Å²) in [6.07, 6.45) is 4.82. The minimum Gasteiger partial charge on any atom is -0.497 e. The molecule has 3 rings (SSSR count). The van der Waals surface area contributed by atoms with Crippen LogP contribution in [0.4, 0.5) is 4.39 Å². The Hall–Kier alpha value is -3.61. The number of carbonyl (C=O) groups is 1. The zero-order valence-corrected chi connectivity index (χ0v) is 17.9. The SMILES string of the molecule is COc1cc(C=CC(=O)N(C)CCCc2cc(-c3ccc(F)cc3)n[nH]2)cc(OC)c1. The van der Waals surface area contributed by atoms with Crippen LogP contribution in [-0.4, -0.2) is 48.8 Å². The lowest BCUT2D eigenvalue weighted by atomic mass is 10.1. The van der Waals surface area contributed by atoms with Crippen LogP contribution in [0.5, 0.6) is 11.5 Å². The molecule has 1 amide bonds. The van der Waals surface area contributed by atoms with Crippen molar-refractivity contribution in [2.45, 2.75) is 12.8 Å². The van der Waals surface area contributed by atoms with Gasteiger partial charge in [-0.1, -0.05) is 0 Å². The molecule has 0 unspecified atom stereocenters. The number of aromatic amines is 1. The molecule has 0 radical (unpaired) electrons. The number of benzene rings is 2. The molecular weight excluding hydrogens is 397 g/mol. The zero-order chi connectivity index (χ0) is 22.2. The van der Waals surface area contributed by atoms with Gasteiger partial charge in [-0.15, -0.1) is 0 Å². The van der Waals surface area contributed by atoms with Crippen molar-refractivity contribution in [2.75, 3.05) is 27.8 Å². The molecule has 1 heterocycles. The van der Waals surface area contributed by atoms with Gasteiger partial charge in [0, 0.05) is 37.0 Å². The highest BCUT2D eigenvalue weighted by Gasteiger charge is 2.08. The van der Waals surface area contributed by atoms with E-state index in [2.05, 4.69) is 10.2 Å². The first kappa shape index (κ1) is 22.1. The Kier molecular flexibility index (Phi) is 7.43. The van der Waals surface area contributed by atoms with E-state index in [0.29, 0.717) is 18.0 Å². The second-order valence-corrected chi connectivity index (χ2v) is 7.13. The second kappa shape index (κ2) is 10.4. The molecule has 0 aliphatic carbocycles. The lowest BCUT2D eigenvalue weighted by molar-refractivity contribution is -0.124. The number of nitrogens with one attached hydrogen (secondary N) is 1. The van der Waals surface area contributed by atoms with E-state index in [1.54, 1.807) is 50.4 Å². The number of aryl methyl sites for hydroxylation is 1. The smallest absolute Gasteiger partial charge is 0.246 e. The second-order valence-electron chi connectivity index (χ2n) is 7.13. The van der Waals surface area contributed by atoms with Crippen molar-refractivity contribution in [2.24, 2.45) is 0 Å². The van der Waals surface area contributed by atoms with E-state index < -0.39 is 0 Å². The molecule has 0 bridgehead atoms. The highest BCUT2D eigenvalue weighted by atomic mass is 19.1. The number of hydrogen-bond donors (Lipinski definition) is 1. The van der Waals surface area contributed by atoms with Gasteiger partial charge in [0.15, 0.2) is 0 Å². The molecule has 0 saturated heterocycles. The Bertz CT molecular complexity index is 1020. The van der Waals surface area contributed by atoms with E-state index in [0.717, 1.165) is 35.4 Å². The largest absolute Gasteiger partial charge is 0.497 e. The molecule has 31 heavy (non-hydrogen) atoms. The normalized spacial score (nSPS) is 11.0. The Balaban J connectivity index is 1.50. The van der Waals surface area contributed by atoms with Crippen molar-refractivity contribution in [3.05, 3.63) is 71.7 Å². The van der Waals surface area contributed by atoms with Gasteiger partial charge in [0.2, 0.25) is 5.91 Å². The fraction of sp³-hybridized carbons (Fsp3) is 0.250. The average molecular weight is 423 g/mol. The predicted octanol–water partition coefficient (Wildman–Crippen LogP) is 4.34. The monoisotopic (exact) mass is 423 g/mol. The number of H-pyrrole nitrogens is 1. The Morgan fingerprint density at radius 2 is 1.77 bits per heavy atom.